The molecule has 68 valence electrons. The summed E-state index contributed by atoms with van der Waals surface area (Å²) in [5.41, 5.74) is 0. The lowest BCUT2D eigenvalue weighted by Gasteiger charge is -2.22. The first-order valence-corrected chi connectivity index (χ1v) is 4.14. The molecule has 0 aromatic rings. The Bertz CT molecular complexity index is 197. The smallest absolute Gasteiger partial charge is 0.157 e. The van der Waals surface area contributed by atoms with Crippen molar-refractivity contribution < 1.29 is 4.79 Å². The number of ketones is 1. The van der Waals surface area contributed by atoms with Crippen LogP contribution < -0.4 is 0 Å². The summed E-state index contributed by atoms with van der Waals surface area (Å²) in [4.78, 5) is 16.5. The van der Waals surface area contributed by atoms with Crippen molar-refractivity contribution in [1.29, 1.82) is 0 Å². The van der Waals surface area contributed by atoms with Crippen molar-refractivity contribution in [3.05, 3.63) is 12.4 Å². The maximum absolute atomic E-state index is 10.8. The van der Waals surface area contributed by atoms with Gasteiger partial charge in [-0.25, -0.2) is 0 Å². The molecule has 1 aliphatic heterocycles. The van der Waals surface area contributed by atoms with Gasteiger partial charge in [0.05, 0.1) is 0 Å². The second-order valence-corrected chi connectivity index (χ2v) is 2.32. The molecule has 0 spiro atoms. The average molecular weight is 168 g/mol. The van der Waals surface area contributed by atoms with Gasteiger partial charge in [0.15, 0.2) is 5.78 Å². The van der Waals surface area contributed by atoms with Crippen molar-refractivity contribution in [2.45, 2.75) is 26.8 Å². The number of Topliss-reactive ketones (excluding diaryl/α,β-unsaturated/α-hetero) is 1. The lowest BCUT2D eigenvalue weighted by atomic mass is 10.2. The third-order valence-corrected chi connectivity index (χ3v) is 1.47. The average Bonchev–Trinajstić information content (AvgIpc) is 2.08. The molecule has 0 N–H and O–H groups in total. The number of rotatable bonds is 1. The quantitative estimate of drug-likeness (QED) is 0.593. The molecule has 0 amide bonds. The molecule has 1 aliphatic rings. The Morgan fingerprint density at radius 3 is 2.42 bits per heavy atom. The van der Waals surface area contributed by atoms with E-state index >= 15 is 0 Å². The van der Waals surface area contributed by atoms with Crippen molar-refractivity contribution in [1.82, 2.24) is 4.90 Å². The van der Waals surface area contributed by atoms with Crippen LogP contribution in [0.3, 0.4) is 0 Å². The van der Waals surface area contributed by atoms with Gasteiger partial charge in [-0.15, -0.1) is 0 Å². The van der Waals surface area contributed by atoms with Crippen LogP contribution in [0.4, 0.5) is 0 Å². The lowest BCUT2D eigenvalue weighted by Crippen LogP contribution is -2.36. The van der Waals surface area contributed by atoms with E-state index in [2.05, 4.69) is 4.99 Å². The van der Waals surface area contributed by atoms with E-state index in [4.69, 9.17) is 0 Å². The fraction of sp³-hybridized carbons (Fsp3) is 0.556. The number of nitrogens with zero attached hydrogens (tertiary/aromatic N) is 2. The van der Waals surface area contributed by atoms with Crippen molar-refractivity contribution in [2.75, 3.05) is 7.05 Å². The summed E-state index contributed by atoms with van der Waals surface area (Å²) >= 11 is 0. The van der Waals surface area contributed by atoms with Gasteiger partial charge in [-0.05, 0) is 6.92 Å². The number of hydrogen-bond donors (Lipinski definition) is 0. The van der Waals surface area contributed by atoms with Crippen LogP contribution in [0.1, 0.15) is 20.8 Å². The summed E-state index contributed by atoms with van der Waals surface area (Å²) in [5, 5.41) is 0. The van der Waals surface area contributed by atoms with Gasteiger partial charge in [0.2, 0.25) is 0 Å². The summed E-state index contributed by atoms with van der Waals surface area (Å²) in [5.74, 6) is 0.121. The maximum Gasteiger partial charge on any atom is 0.157 e. The molecule has 0 radical (unpaired) electrons. The highest BCUT2D eigenvalue weighted by Crippen LogP contribution is 2.00. The Hall–Kier alpha value is -1.12. The minimum Gasteiger partial charge on any atom is -0.365 e. The molecule has 1 rings (SSSR count). The van der Waals surface area contributed by atoms with Gasteiger partial charge in [0.1, 0.15) is 6.04 Å². The van der Waals surface area contributed by atoms with Crippen molar-refractivity contribution in [3.63, 3.8) is 0 Å². The highest BCUT2D eigenvalue weighted by molar-refractivity contribution is 5.98. The van der Waals surface area contributed by atoms with Gasteiger partial charge in [-0.3, -0.25) is 9.79 Å². The third kappa shape index (κ3) is 2.86. The Morgan fingerprint density at radius 1 is 1.50 bits per heavy atom. The molecule has 0 fully saturated rings. The first kappa shape index (κ1) is 10.9. The molecule has 0 aromatic heterocycles. The summed E-state index contributed by atoms with van der Waals surface area (Å²) in [7, 11) is 1.85. The predicted molar refractivity (Wildman–Crippen MR) is 51.2 cm³/mol. The maximum atomic E-state index is 10.8. The van der Waals surface area contributed by atoms with Gasteiger partial charge in [-0.2, -0.15) is 0 Å². The number of hydrogen-bond acceptors (Lipinski definition) is 3. The zero-order valence-electron chi connectivity index (χ0n) is 8.11. The van der Waals surface area contributed by atoms with Crippen LogP contribution >= 0.6 is 0 Å². The molecule has 1 atom stereocenters. The Kier molecular flexibility index (Phi) is 5.00. The predicted octanol–water partition coefficient (Wildman–Crippen LogP) is 1.46. The van der Waals surface area contributed by atoms with Gasteiger partial charge in [-0.1, -0.05) is 13.8 Å². The van der Waals surface area contributed by atoms with E-state index in [-0.39, 0.29) is 11.8 Å². The summed E-state index contributed by atoms with van der Waals surface area (Å²) in [6, 6.07) is -0.162. The van der Waals surface area contributed by atoms with E-state index in [9.17, 15) is 4.79 Å². The standard InChI is InChI=1S/C7H10N2O.C2H6/c1-6(10)7-5-8-3-4-9(7)2;1-2/h3-5,7H,1-2H3;1-2H3. The van der Waals surface area contributed by atoms with E-state index in [0.717, 1.165) is 0 Å². The fourth-order valence-electron chi connectivity index (χ4n) is 0.864. The molecule has 0 aliphatic carbocycles. The Morgan fingerprint density at radius 2 is 2.08 bits per heavy atom. The zero-order valence-corrected chi connectivity index (χ0v) is 8.11. The molecule has 0 bridgehead atoms. The third-order valence-electron chi connectivity index (χ3n) is 1.47. The number of carbonyl (C=O) groups excluding carboxylic acids is 1. The normalized spacial score (nSPS) is 20.0. The monoisotopic (exact) mass is 168 g/mol. The molecule has 0 saturated carbocycles. The summed E-state index contributed by atoms with van der Waals surface area (Å²) in [6.45, 7) is 5.56. The van der Waals surface area contributed by atoms with Crippen LogP contribution in [-0.2, 0) is 4.79 Å². The number of carbonyl (C=O) groups is 1. The minimum atomic E-state index is -0.162. The van der Waals surface area contributed by atoms with Crippen LogP contribution in [0.15, 0.2) is 17.4 Å². The Balaban J connectivity index is 0.000000561. The number of likely N-dealkylation sites (N-methyl/N-ethyl adjacent to an activating group) is 1. The topological polar surface area (TPSA) is 32.7 Å². The molecule has 1 heterocycles. The molecule has 1 unspecified atom stereocenters. The highest BCUT2D eigenvalue weighted by atomic mass is 16.1. The van der Waals surface area contributed by atoms with Gasteiger partial charge < -0.3 is 4.90 Å². The van der Waals surface area contributed by atoms with E-state index in [0.29, 0.717) is 0 Å². The van der Waals surface area contributed by atoms with Crippen LogP contribution in [0.5, 0.6) is 0 Å². The van der Waals surface area contributed by atoms with E-state index in [1.165, 1.54) is 0 Å². The second kappa shape index (κ2) is 5.52. The molecule has 0 aromatic carbocycles. The van der Waals surface area contributed by atoms with E-state index < -0.39 is 0 Å². The van der Waals surface area contributed by atoms with Crippen molar-refractivity contribution in [3.8, 4) is 0 Å². The van der Waals surface area contributed by atoms with Gasteiger partial charge >= 0.3 is 0 Å². The SMILES string of the molecule is CC.CC(=O)C1C=NC=CN1C. The number of aliphatic imine (C=N–C) groups is 1. The van der Waals surface area contributed by atoms with Crippen LogP contribution in [0.2, 0.25) is 0 Å². The minimum absolute atomic E-state index is 0.121. The molecular formula is C9H16N2O. The van der Waals surface area contributed by atoms with Crippen LogP contribution in [0.25, 0.3) is 0 Å². The van der Waals surface area contributed by atoms with E-state index in [1.54, 1.807) is 25.5 Å². The van der Waals surface area contributed by atoms with Gasteiger partial charge in [0.25, 0.3) is 0 Å². The molecule has 3 heteroatoms. The van der Waals surface area contributed by atoms with Crippen molar-refractivity contribution >= 4 is 12.0 Å². The fourth-order valence-corrected chi connectivity index (χ4v) is 0.864. The second-order valence-electron chi connectivity index (χ2n) is 2.32. The first-order chi connectivity index (χ1) is 5.72. The molecule has 12 heavy (non-hydrogen) atoms. The zero-order chi connectivity index (χ0) is 9.56. The Labute approximate surface area is 73.8 Å². The highest BCUT2D eigenvalue weighted by Gasteiger charge is 2.15. The van der Waals surface area contributed by atoms with E-state index in [1.807, 2.05) is 25.8 Å². The molecule has 0 saturated heterocycles. The largest absolute Gasteiger partial charge is 0.365 e. The van der Waals surface area contributed by atoms with Crippen LogP contribution in [0, 0.1) is 0 Å². The summed E-state index contributed by atoms with van der Waals surface area (Å²) in [6.07, 6.45) is 5.09. The lowest BCUT2D eigenvalue weighted by molar-refractivity contribution is -0.118. The summed E-state index contributed by atoms with van der Waals surface area (Å²) < 4.78 is 0. The van der Waals surface area contributed by atoms with Gasteiger partial charge in [0, 0.05) is 25.7 Å². The van der Waals surface area contributed by atoms with Crippen molar-refractivity contribution in [2.24, 2.45) is 4.99 Å². The molecule has 3 nitrogen and oxygen atoms in total. The van der Waals surface area contributed by atoms with Crippen LogP contribution in [-0.4, -0.2) is 30.0 Å². The first-order valence-electron chi connectivity index (χ1n) is 4.14. The molecular weight excluding hydrogens is 152 g/mol.